The molecular weight excluding hydrogens is 230 g/mol. The van der Waals surface area contributed by atoms with E-state index in [0.29, 0.717) is 6.54 Å². The highest BCUT2D eigenvalue weighted by atomic mass is 16.4. The van der Waals surface area contributed by atoms with Gasteiger partial charge >= 0.3 is 5.97 Å². The fourth-order valence-corrected chi connectivity index (χ4v) is 1.79. The second kappa shape index (κ2) is 5.67. The van der Waals surface area contributed by atoms with Gasteiger partial charge in [-0.25, -0.2) is 0 Å². The third-order valence-electron chi connectivity index (χ3n) is 3.02. The van der Waals surface area contributed by atoms with Crippen LogP contribution in [0.3, 0.4) is 0 Å². The van der Waals surface area contributed by atoms with Gasteiger partial charge < -0.3 is 10.0 Å². The van der Waals surface area contributed by atoms with Gasteiger partial charge in [0.15, 0.2) is 0 Å². The number of hydrogen-bond donors (Lipinski definition) is 1. The summed E-state index contributed by atoms with van der Waals surface area (Å²) in [6.07, 6.45) is 0. The second-order valence-corrected chi connectivity index (χ2v) is 4.68. The third-order valence-corrected chi connectivity index (χ3v) is 3.02. The summed E-state index contributed by atoms with van der Waals surface area (Å²) in [5.74, 6) is -2.46. The van der Waals surface area contributed by atoms with Crippen molar-refractivity contribution in [3.05, 3.63) is 34.9 Å². The zero-order valence-electron chi connectivity index (χ0n) is 11.2. The molecule has 4 heteroatoms. The molecule has 0 bridgehead atoms. The Morgan fingerprint density at radius 1 is 1.33 bits per heavy atom. The molecule has 0 radical (unpaired) electrons. The lowest BCUT2D eigenvalue weighted by atomic mass is 10.0. The summed E-state index contributed by atoms with van der Waals surface area (Å²) in [5, 5.41) is 8.81. The van der Waals surface area contributed by atoms with E-state index in [2.05, 4.69) is 0 Å². The molecular formula is C14H19NO3. The quantitative estimate of drug-likeness (QED) is 0.830. The van der Waals surface area contributed by atoms with Crippen molar-refractivity contribution in [2.75, 3.05) is 7.05 Å². The molecule has 4 nitrogen and oxygen atoms in total. The summed E-state index contributed by atoms with van der Waals surface area (Å²) in [5.41, 5.74) is 3.32. The van der Waals surface area contributed by atoms with Gasteiger partial charge in [-0.2, -0.15) is 0 Å². The Bertz CT molecular complexity index is 468. The second-order valence-electron chi connectivity index (χ2n) is 4.68. The number of carboxylic acid groups (broad SMARTS) is 1. The molecule has 0 heterocycles. The Kier molecular flexibility index (Phi) is 4.48. The molecule has 1 aromatic carbocycles. The van der Waals surface area contributed by atoms with E-state index in [1.54, 1.807) is 7.05 Å². The first kappa shape index (κ1) is 14.2. The number of carbonyl (C=O) groups is 2. The molecule has 1 amide bonds. The Morgan fingerprint density at radius 2 is 1.94 bits per heavy atom. The number of amides is 1. The highest BCUT2D eigenvalue weighted by Crippen LogP contribution is 2.13. The topological polar surface area (TPSA) is 57.6 Å². The summed E-state index contributed by atoms with van der Waals surface area (Å²) >= 11 is 0. The standard InChI is InChI=1S/C14H19NO3/c1-9-5-6-12(10(2)7-9)8-15(4)13(16)11(3)14(17)18/h5-7,11H,8H2,1-4H3,(H,17,18). The highest BCUT2D eigenvalue weighted by Gasteiger charge is 2.24. The molecule has 0 aliphatic heterocycles. The summed E-state index contributed by atoms with van der Waals surface area (Å²) in [6, 6.07) is 6.01. The van der Waals surface area contributed by atoms with E-state index in [1.165, 1.54) is 17.4 Å². The van der Waals surface area contributed by atoms with Crippen LogP contribution in [0, 0.1) is 19.8 Å². The molecule has 98 valence electrons. The maximum Gasteiger partial charge on any atom is 0.315 e. The lowest BCUT2D eigenvalue weighted by Crippen LogP contribution is -2.35. The first-order valence-electron chi connectivity index (χ1n) is 5.87. The summed E-state index contributed by atoms with van der Waals surface area (Å²) < 4.78 is 0. The maximum atomic E-state index is 11.8. The van der Waals surface area contributed by atoms with Crippen LogP contribution in [0.15, 0.2) is 18.2 Å². The molecule has 0 aliphatic carbocycles. The van der Waals surface area contributed by atoms with E-state index < -0.39 is 11.9 Å². The van der Waals surface area contributed by atoms with Crippen molar-refractivity contribution in [1.82, 2.24) is 4.90 Å². The maximum absolute atomic E-state index is 11.8. The van der Waals surface area contributed by atoms with Crippen LogP contribution >= 0.6 is 0 Å². The molecule has 0 spiro atoms. The highest BCUT2D eigenvalue weighted by molar-refractivity contribution is 5.96. The summed E-state index contributed by atoms with van der Waals surface area (Å²) in [4.78, 5) is 24.0. The van der Waals surface area contributed by atoms with Gasteiger partial charge in [0.05, 0.1) is 0 Å². The van der Waals surface area contributed by atoms with E-state index >= 15 is 0 Å². The molecule has 1 aromatic rings. The van der Waals surface area contributed by atoms with Crippen molar-refractivity contribution in [2.45, 2.75) is 27.3 Å². The molecule has 0 fully saturated rings. The van der Waals surface area contributed by atoms with Crippen LogP contribution in [0.25, 0.3) is 0 Å². The van der Waals surface area contributed by atoms with Crippen molar-refractivity contribution >= 4 is 11.9 Å². The van der Waals surface area contributed by atoms with Gasteiger partial charge in [-0.15, -0.1) is 0 Å². The number of aryl methyl sites for hydroxylation is 2. The SMILES string of the molecule is Cc1ccc(CN(C)C(=O)C(C)C(=O)O)c(C)c1. The van der Waals surface area contributed by atoms with E-state index in [4.69, 9.17) is 5.11 Å². The van der Waals surface area contributed by atoms with Crippen molar-refractivity contribution in [3.8, 4) is 0 Å². The van der Waals surface area contributed by atoms with Crippen molar-refractivity contribution < 1.29 is 14.7 Å². The number of rotatable bonds is 4. The number of aliphatic carboxylic acids is 1. The van der Waals surface area contributed by atoms with Gasteiger partial charge in [0.25, 0.3) is 0 Å². The first-order chi connectivity index (χ1) is 8.32. The van der Waals surface area contributed by atoms with E-state index in [-0.39, 0.29) is 5.91 Å². The molecule has 0 saturated carbocycles. The van der Waals surface area contributed by atoms with Crippen LogP contribution < -0.4 is 0 Å². The number of hydrogen-bond acceptors (Lipinski definition) is 2. The predicted octanol–water partition coefficient (Wildman–Crippen LogP) is 1.98. The van der Waals surface area contributed by atoms with E-state index in [9.17, 15) is 9.59 Å². The Hall–Kier alpha value is -1.84. The van der Waals surface area contributed by atoms with Gasteiger partial charge in [0.2, 0.25) is 5.91 Å². The minimum Gasteiger partial charge on any atom is -0.481 e. The summed E-state index contributed by atoms with van der Waals surface area (Å²) in [7, 11) is 1.63. The smallest absolute Gasteiger partial charge is 0.315 e. The molecule has 18 heavy (non-hydrogen) atoms. The zero-order chi connectivity index (χ0) is 13.9. The molecule has 0 saturated heterocycles. The first-order valence-corrected chi connectivity index (χ1v) is 5.87. The van der Waals surface area contributed by atoms with E-state index in [1.807, 2.05) is 32.0 Å². The Labute approximate surface area is 107 Å². The Balaban J connectivity index is 2.78. The van der Waals surface area contributed by atoms with Crippen LogP contribution in [-0.2, 0) is 16.1 Å². The fraction of sp³-hybridized carbons (Fsp3) is 0.429. The van der Waals surface area contributed by atoms with Gasteiger partial charge in [-0.3, -0.25) is 9.59 Å². The number of carbonyl (C=O) groups excluding carboxylic acids is 1. The molecule has 1 atom stereocenters. The van der Waals surface area contributed by atoms with Crippen LogP contribution in [0.4, 0.5) is 0 Å². The molecule has 1 rings (SSSR count). The zero-order valence-corrected chi connectivity index (χ0v) is 11.2. The normalized spacial score (nSPS) is 12.0. The van der Waals surface area contributed by atoms with Crippen LogP contribution in [-0.4, -0.2) is 28.9 Å². The Morgan fingerprint density at radius 3 is 2.44 bits per heavy atom. The van der Waals surface area contributed by atoms with Gasteiger partial charge in [0.1, 0.15) is 5.92 Å². The largest absolute Gasteiger partial charge is 0.481 e. The van der Waals surface area contributed by atoms with Crippen LogP contribution in [0.5, 0.6) is 0 Å². The lowest BCUT2D eigenvalue weighted by Gasteiger charge is -2.20. The fourth-order valence-electron chi connectivity index (χ4n) is 1.79. The third kappa shape index (κ3) is 3.32. The van der Waals surface area contributed by atoms with Gasteiger partial charge in [-0.05, 0) is 31.9 Å². The monoisotopic (exact) mass is 249 g/mol. The minimum absolute atomic E-state index is 0.373. The summed E-state index contributed by atoms with van der Waals surface area (Å²) in [6.45, 7) is 5.84. The molecule has 0 aromatic heterocycles. The van der Waals surface area contributed by atoms with Crippen molar-refractivity contribution in [1.29, 1.82) is 0 Å². The minimum atomic E-state index is -1.09. The van der Waals surface area contributed by atoms with Crippen LogP contribution in [0.2, 0.25) is 0 Å². The van der Waals surface area contributed by atoms with E-state index in [0.717, 1.165) is 11.1 Å². The van der Waals surface area contributed by atoms with Gasteiger partial charge in [0, 0.05) is 13.6 Å². The number of nitrogens with zero attached hydrogens (tertiary/aromatic N) is 1. The lowest BCUT2D eigenvalue weighted by molar-refractivity contribution is -0.149. The molecule has 1 N–H and O–H groups in total. The molecule has 1 unspecified atom stereocenters. The van der Waals surface area contributed by atoms with Crippen LogP contribution in [0.1, 0.15) is 23.6 Å². The van der Waals surface area contributed by atoms with Crippen molar-refractivity contribution in [3.63, 3.8) is 0 Å². The number of benzene rings is 1. The predicted molar refractivity (Wildman–Crippen MR) is 69.2 cm³/mol. The average Bonchev–Trinajstić information content (AvgIpc) is 2.30. The number of carboxylic acids is 1. The molecule has 0 aliphatic rings. The van der Waals surface area contributed by atoms with Gasteiger partial charge in [-0.1, -0.05) is 23.8 Å². The average molecular weight is 249 g/mol. The van der Waals surface area contributed by atoms with Crippen molar-refractivity contribution in [2.24, 2.45) is 5.92 Å².